The number of nitrogens with one attached hydrogen (secondary N) is 1. The van der Waals surface area contributed by atoms with E-state index in [-0.39, 0.29) is 5.82 Å². The van der Waals surface area contributed by atoms with Gasteiger partial charge in [-0.2, -0.15) is 0 Å². The molecule has 2 aromatic rings. The van der Waals surface area contributed by atoms with Gasteiger partial charge in [0.1, 0.15) is 12.4 Å². The monoisotopic (exact) mass is 409 g/mol. The lowest BCUT2D eigenvalue weighted by Gasteiger charge is -2.15. The minimum atomic E-state index is -0.251. The normalized spacial score (nSPS) is 11.0. The zero-order valence-corrected chi connectivity index (χ0v) is 16.5. The van der Waals surface area contributed by atoms with Crippen molar-refractivity contribution < 1.29 is 13.9 Å². The molecular weight excluding hydrogens is 385 g/mol. The third-order valence-corrected chi connectivity index (χ3v) is 4.59. The number of rotatable bonds is 9. The Morgan fingerprint density at radius 3 is 2.48 bits per heavy atom. The van der Waals surface area contributed by atoms with Crippen molar-refractivity contribution in [1.82, 2.24) is 5.32 Å². The molecule has 0 amide bonds. The molecule has 0 aliphatic rings. The Labute approximate surface area is 157 Å². The predicted octanol–water partition coefficient (Wildman–Crippen LogP) is 5.31. The van der Waals surface area contributed by atoms with Crippen molar-refractivity contribution >= 4 is 15.9 Å². The van der Waals surface area contributed by atoms with E-state index < -0.39 is 0 Å². The quantitative estimate of drug-likeness (QED) is 0.569. The fourth-order valence-electron chi connectivity index (χ4n) is 2.34. The van der Waals surface area contributed by atoms with E-state index in [1.807, 2.05) is 12.1 Å². The zero-order chi connectivity index (χ0) is 18.2. The summed E-state index contributed by atoms with van der Waals surface area (Å²) in [4.78, 5) is 0. The zero-order valence-electron chi connectivity index (χ0n) is 14.9. The molecule has 5 heteroatoms. The Kier molecular flexibility index (Phi) is 7.72. The molecule has 0 saturated carbocycles. The second-order valence-electron chi connectivity index (χ2n) is 6.37. The van der Waals surface area contributed by atoms with E-state index in [1.165, 1.54) is 12.1 Å². The van der Waals surface area contributed by atoms with Crippen LogP contribution < -0.4 is 14.8 Å². The van der Waals surface area contributed by atoms with Gasteiger partial charge in [0, 0.05) is 11.0 Å². The van der Waals surface area contributed by atoms with Gasteiger partial charge in [-0.1, -0.05) is 41.9 Å². The second-order valence-corrected chi connectivity index (χ2v) is 7.22. The number of benzene rings is 2. The highest BCUT2D eigenvalue weighted by Gasteiger charge is 2.11. The molecule has 0 aliphatic carbocycles. The summed E-state index contributed by atoms with van der Waals surface area (Å²) in [6.45, 7) is 6.54. The van der Waals surface area contributed by atoms with Crippen LogP contribution in [0.5, 0.6) is 11.5 Å². The lowest BCUT2D eigenvalue weighted by Crippen LogP contribution is -2.16. The number of methoxy groups -OCH3 is 1. The number of halogens is 2. The lowest BCUT2D eigenvalue weighted by molar-refractivity contribution is 0.284. The number of ether oxygens (including phenoxy) is 2. The summed E-state index contributed by atoms with van der Waals surface area (Å²) in [5, 5.41) is 3.45. The Hall–Kier alpha value is -1.59. The molecule has 0 unspecified atom stereocenters. The van der Waals surface area contributed by atoms with Crippen molar-refractivity contribution in [2.75, 3.05) is 13.7 Å². The van der Waals surface area contributed by atoms with E-state index in [1.54, 1.807) is 19.2 Å². The number of hydrogen-bond acceptors (Lipinski definition) is 3. The van der Waals surface area contributed by atoms with Gasteiger partial charge in [-0.3, -0.25) is 0 Å². The lowest BCUT2D eigenvalue weighted by atomic mass is 10.1. The number of hydrogen-bond donors (Lipinski definition) is 1. The summed E-state index contributed by atoms with van der Waals surface area (Å²) in [5.41, 5.74) is 2.02. The SMILES string of the molecule is COc1cc(CNCCC(C)C)c(Br)cc1OCc1ccc(F)cc1. The van der Waals surface area contributed by atoms with Crippen LogP contribution in [0.4, 0.5) is 4.39 Å². The van der Waals surface area contributed by atoms with Crippen LogP contribution in [0.1, 0.15) is 31.4 Å². The smallest absolute Gasteiger partial charge is 0.162 e. The van der Waals surface area contributed by atoms with Crippen LogP contribution in [0.3, 0.4) is 0 Å². The van der Waals surface area contributed by atoms with E-state index in [0.29, 0.717) is 24.0 Å². The van der Waals surface area contributed by atoms with Crippen LogP contribution in [0.15, 0.2) is 40.9 Å². The van der Waals surface area contributed by atoms with Gasteiger partial charge in [-0.05, 0) is 54.3 Å². The fraction of sp³-hybridized carbons (Fsp3) is 0.400. The van der Waals surface area contributed by atoms with Gasteiger partial charge in [-0.15, -0.1) is 0 Å². The third-order valence-electron chi connectivity index (χ3n) is 3.85. The molecule has 0 fully saturated rings. The van der Waals surface area contributed by atoms with Crippen molar-refractivity contribution in [3.8, 4) is 11.5 Å². The van der Waals surface area contributed by atoms with Gasteiger partial charge >= 0.3 is 0 Å². The third kappa shape index (κ3) is 6.33. The van der Waals surface area contributed by atoms with E-state index in [4.69, 9.17) is 9.47 Å². The average molecular weight is 410 g/mol. The summed E-state index contributed by atoms with van der Waals surface area (Å²) in [6, 6.07) is 10.2. The van der Waals surface area contributed by atoms with Crippen LogP contribution in [-0.4, -0.2) is 13.7 Å². The molecule has 0 aromatic heterocycles. The molecule has 2 aromatic carbocycles. The molecule has 25 heavy (non-hydrogen) atoms. The largest absolute Gasteiger partial charge is 0.493 e. The molecule has 3 nitrogen and oxygen atoms in total. The molecule has 1 N–H and O–H groups in total. The van der Waals surface area contributed by atoms with Crippen molar-refractivity contribution in [2.24, 2.45) is 5.92 Å². The van der Waals surface area contributed by atoms with Crippen molar-refractivity contribution in [2.45, 2.75) is 33.4 Å². The van der Waals surface area contributed by atoms with E-state index >= 15 is 0 Å². The highest BCUT2D eigenvalue weighted by Crippen LogP contribution is 2.34. The fourth-order valence-corrected chi connectivity index (χ4v) is 2.80. The van der Waals surface area contributed by atoms with Gasteiger partial charge < -0.3 is 14.8 Å². The first-order chi connectivity index (χ1) is 12.0. The summed E-state index contributed by atoms with van der Waals surface area (Å²) >= 11 is 3.60. The first kappa shape index (κ1) is 19.7. The molecule has 0 heterocycles. The Morgan fingerprint density at radius 1 is 1.12 bits per heavy atom. The second kappa shape index (κ2) is 9.78. The van der Waals surface area contributed by atoms with Gasteiger partial charge in [0.25, 0.3) is 0 Å². The van der Waals surface area contributed by atoms with Crippen LogP contribution in [0, 0.1) is 11.7 Å². The van der Waals surface area contributed by atoms with E-state index in [0.717, 1.165) is 35.1 Å². The summed E-state index contributed by atoms with van der Waals surface area (Å²) in [7, 11) is 1.63. The van der Waals surface area contributed by atoms with Crippen LogP contribution in [0.2, 0.25) is 0 Å². The van der Waals surface area contributed by atoms with Gasteiger partial charge in [0.05, 0.1) is 7.11 Å². The van der Waals surface area contributed by atoms with Gasteiger partial charge in [0.2, 0.25) is 0 Å². The Morgan fingerprint density at radius 2 is 1.84 bits per heavy atom. The molecule has 0 aliphatic heterocycles. The molecule has 0 bridgehead atoms. The Balaban J connectivity index is 2.01. The van der Waals surface area contributed by atoms with Gasteiger partial charge in [0.15, 0.2) is 11.5 Å². The summed E-state index contributed by atoms with van der Waals surface area (Å²) in [6.07, 6.45) is 1.15. The average Bonchev–Trinajstić information content (AvgIpc) is 2.59. The highest BCUT2D eigenvalue weighted by molar-refractivity contribution is 9.10. The highest BCUT2D eigenvalue weighted by atomic mass is 79.9. The Bertz CT molecular complexity index is 674. The van der Waals surface area contributed by atoms with Crippen molar-refractivity contribution in [3.05, 3.63) is 57.8 Å². The summed E-state index contributed by atoms with van der Waals surface area (Å²) < 4.78 is 25.2. The van der Waals surface area contributed by atoms with Crippen LogP contribution >= 0.6 is 15.9 Å². The van der Waals surface area contributed by atoms with Gasteiger partial charge in [-0.25, -0.2) is 4.39 Å². The molecule has 2 rings (SSSR count). The van der Waals surface area contributed by atoms with E-state index in [2.05, 4.69) is 35.1 Å². The maximum absolute atomic E-state index is 13.0. The molecule has 0 saturated heterocycles. The topological polar surface area (TPSA) is 30.5 Å². The minimum Gasteiger partial charge on any atom is -0.493 e. The maximum Gasteiger partial charge on any atom is 0.162 e. The van der Waals surface area contributed by atoms with Crippen LogP contribution in [0.25, 0.3) is 0 Å². The summed E-state index contributed by atoms with van der Waals surface area (Å²) in [5.74, 6) is 1.78. The predicted molar refractivity (Wildman–Crippen MR) is 103 cm³/mol. The van der Waals surface area contributed by atoms with Crippen LogP contribution in [-0.2, 0) is 13.2 Å². The first-order valence-electron chi connectivity index (χ1n) is 8.44. The standard InChI is InChI=1S/C20H25BrFNO2/c1-14(2)8-9-23-12-16-10-19(24-3)20(11-18(16)21)25-13-15-4-6-17(22)7-5-15/h4-7,10-11,14,23H,8-9,12-13H2,1-3H3. The first-order valence-corrected chi connectivity index (χ1v) is 9.23. The van der Waals surface area contributed by atoms with Crippen molar-refractivity contribution in [3.63, 3.8) is 0 Å². The molecular formula is C20H25BrFNO2. The maximum atomic E-state index is 13.0. The van der Waals surface area contributed by atoms with Crippen molar-refractivity contribution in [1.29, 1.82) is 0 Å². The molecule has 0 spiro atoms. The molecule has 0 atom stereocenters. The van der Waals surface area contributed by atoms with E-state index in [9.17, 15) is 4.39 Å². The minimum absolute atomic E-state index is 0.251. The molecule has 0 radical (unpaired) electrons. The molecule has 136 valence electrons.